The van der Waals surface area contributed by atoms with Crippen molar-refractivity contribution in [3.8, 4) is 0 Å². The van der Waals surface area contributed by atoms with Crippen molar-refractivity contribution in [3.05, 3.63) is 29.8 Å². The molecule has 1 heterocycles. The van der Waals surface area contributed by atoms with Gasteiger partial charge in [-0.1, -0.05) is 31.0 Å². The standard InChI is InChI=1S/C16H24F2N2/c1-3-8-16(17,18)13-19-9-11-20(12-10-19)15-6-4-14(2)5-7-15/h4-7H,3,8-13H2,1-2H3. The van der Waals surface area contributed by atoms with Gasteiger partial charge in [-0.2, -0.15) is 0 Å². The second-order valence-electron chi connectivity index (χ2n) is 5.70. The first-order valence-corrected chi connectivity index (χ1v) is 7.42. The first-order valence-electron chi connectivity index (χ1n) is 7.42. The van der Waals surface area contributed by atoms with Crippen LogP contribution in [0.15, 0.2) is 24.3 Å². The molecule has 0 radical (unpaired) electrons. The summed E-state index contributed by atoms with van der Waals surface area (Å²) >= 11 is 0. The fraction of sp³-hybridized carbons (Fsp3) is 0.625. The highest BCUT2D eigenvalue weighted by molar-refractivity contribution is 5.47. The molecule has 1 saturated heterocycles. The van der Waals surface area contributed by atoms with Gasteiger partial charge in [-0.25, -0.2) is 8.78 Å². The van der Waals surface area contributed by atoms with E-state index in [-0.39, 0.29) is 13.0 Å². The SMILES string of the molecule is CCCC(F)(F)CN1CCN(c2ccc(C)cc2)CC1. The molecule has 4 heteroatoms. The van der Waals surface area contributed by atoms with Crippen molar-refractivity contribution in [2.45, 2.75) is 32.6 Å². The second-order valence-corrected chi connectivity index (χ2v) is 5.70. The Morgan fingerprint density at radius 3 is 2.20 bits per heavy atom. The van der Waals surface area contributed by atoms with Crippen molar-refractivity contribution in [1.29, 1.82) is 0 Å². The van der Waals surface area contributed by atoms with Gasteiger partial charge in [-0.3, -0.25) is 4.90 Å². The molecule has 1 aliphatic rings. The van der Waals surface area contributed by atoms with Gasteiger partial charge < -0.3 is 4.90 Å². The summed E-state index contributed by atoms with van der Waals surface area (Å²) in [5.74, 6) is -2.54. The zero-order valence-electron chi connectivity index (χ0n) is 12.4. The Morgan fingerprint density at radius 1 is 1.05 bits per heavy atom. The van der Waals surface area contributed by atoms with E-state index in [1.165, 1.54) is 11.3 Å². The van der Waals surface area contributed by atoms with Crippen LogP contribution >= 0.6 is 0 Å². The summed E-state index contributed by atoms with van der Waals surface area (Å²) in [5, 5.41) is 0. The Balaban J connectivity index is 1.84. The number of nitrogens with zero attached hydrogens (tertiary/aromatic N) is 2. The normalized spacial score (nSPS) is 17.5. The minimum atomic E-state index is -2.54. The van der Waals surface area contributed by atoms with Gasteiger partial charge in [0.1, 0.15) is 0 Å². The van der Waals surface area contributed by atoms with Crippen LogP contribution in [0.5, 0.6) is 0 Å². The molecule has 2 rings (SSSR count). The summed E-state index contributed by atoms with van der Waals surface area (Å²) in [6, 6.07) is 8.40. The van der Waals surface area contributed by atoms with E-state index in [1.54, 1.807) is 0 Å². The molecule has 112 valence electrons. The smallest absolute Gasteiger partial charge is 0.260 e. The monoisotopic (exact) mass is 282 g/mol. The Bertz CT molecular complexity index is 409. The van der Waals surface area contributed by atoms with Crippen LogP contribution in [0.4, 0.5) is 14.5 Å². The van der Waals surface area contributed by atoms with Gasteiger partial charge in [0.2, 0.25) is 0 Å². The first-order chi connectivity index (χ1) is 9.50. The summed E-state index contributed by atoms with van der Waals surface area (Å²) in [7, 11) is 0. The molecule has 1 aromatic carbocycles. The molecule has 0 aliphatic carbocycles. The Morgan fingerprint density at radius 2 is 1.65 bits per heavy atom. The summed E-state index contributed by atoms with van der Waals surface area (Å²) in [6.45, 7) is 6.86. The van der Waals surface area contributed by atoms with E-state index in [4.69, 9.17) is 0 Å². The lowest BCUT2D eigenvalue weighted by Crippen LogP contribution is -2.50. The van der Waals surface area contributed by atoms with Crippen molar-refractivity contribution in [1.82, 2.24) is 4.90 Å². The van der Waals surface area contributed by atoms with E-state index in [0.717, 1.165) is 13.1 Å². The third kappa shape index (κ3) is 4.17. The molecule has 0 N–H and O–H groups in total. The molecule has 0 atom stereocenters. The van der Waals surface area contributed by atoms with Crippen molar-refractivity contribution >= 4 is 5.69 Å². The van der Waals surface area contributed by atoms with Crippen molar-refractivity contribution in [2.75, 3.05) is 37.6 Å². The number of rotatable bonds is 5. The minimum absolute atomic E-state index is 0.00875. The lowest BCUT2D eigenvalue weighted by molar-refractivity contribution is -0.0406. The summed E-state index contributed by atoms with van der Waals surface area (Å²) in [6.07, 6.45) is 0.529. The maximum absolute atomic E-state index is 13.6. The molecule has 1 aromatic rings. The predicted octanol–water partition coefficient (Wildman–Crippen LogP) is 3.55. The maximum atomic E-state index is 13.6. The Labute approximate surface area is 120 Å². The number of aryl methyl sites for hydroxylation is 1. The largest absolute Gasteiger partial charge is 0.369 e. The first kappa shape index (κ1) is 15.2. The molecule has 0 unspecified atom stereocenters. The Hall–Kier alpha value is -1.16. The third-order valence-corrected chi connectivity index (χ3v) is 3.84. The van der Waals surface area contributed by atoms with E-state index in [1.807, 2.05) is 11.8 Å². The summed E-state index contributed by atoms with van der Waals surface area (Å²) in [4.78, 5) is 4.16. The van der Waals surface area contributed by atoms with Gasteiger partial charge in [-0.15, -0.1) is 0 Å². The molecular weight excluding hydrogens is 258 g/mol. The van der Waals surface area contributed by atoms with Crippen LogP contribution < -0.4 is 4.90 Å². The van der Waals surface area contributed by atoms with Crippen LogP contribution in [0.3, 0.4) is 0 Å². The maximum Gasteiger partial charge on any atom is 0.260 e. The van der Waals surface area contributed by atoms with Crippen LogP contribution in [-0.4, -0.2) is 43.5 Å². The number of alkyl halides is 2. The van der Waals surface area contributed by atoms with Gasteiger partial charge in [0.15, 0.2) is 0 Å². The molecule has 1 aliphatic heterocycles. The average Bonchev–Trinajstić information content (AvgIpc) is 2.40. The Kier molecular flexibility index (Phi) is 4.97. The van der Waals surface area contributed by atoms with Gasteiger partial charge >= 0.3 is 0 Å². The van der Waals surface area contributed by atoms with Crippen LogP contribution in [0.1, 0.15) is 25.3 Å². The quantitative estimate of drug-likeness (QED) is 0.815. The lowest BCUT2D eigenvalue weighted by atomic mass is 10.1. The van der Waals surface area contributed by atoms with Gasteiger partial charge in [0.05, 0.1) is 6.54 Å². The zero-order chi connectivity index (χ0) is 14.6. The van der Waals surface area contributed by atoms with E-state index in [0.29, 0.717) is 19.5 Å². The van der Waals surface area contributed by atoms with E-state index in [2.05, 4.69) is 36.1 Å². The molecule has 1 fully saturated rings. The fourth-order valence-corrected chi connectivity index (χ4v) is 2.69. The molecule has 0 spiro atoms. The van der Waals surface area contributed by atoms with Crippen LogP contribution in [0, 0.1) is 6.92 Å². The number of hydrogen-bond acceptors (Lipinski definition) is 2. The van der Waals surface area contributed by atoms with Crippen LogP contribution in [0.25, 0.3) is 0 Å². The van der Waals surface area contributed by atoms with E-state index >= 15 is 0 Å². The van der Waals surface area contributed by atoms with Crippen molar-refractivity contribution in [3.63, 3.8) is 0 Å². The highest BCUT2D eigenvalue weighted by Crippen LogP contribution is 2.23. The third-order valence-electron chi connectivity index (χ3n) is 3.84. The number of piperazine rings is 1. The van der Waals surface area contributed by atoms with Crippen LogP contribution in [-0.2, 0) is 0 Å². The molecule has 0 saturated carbocycles. The van der Waals surface area contributed by atoms with Gasteiger partial charge in [0, 0.05) is 38.3 Å². The molecule has 0 bridgehead atoms. The second kappa shape index (κ2) is 6.53. The summed E-state index contributed by atoms with van der Waals surface area (Å²) < 4.78 is 27.2. The fourth-order valence-electron chi connectivity index (χ4n) is 2.69. The van der Waals surface area contributed by atoms with E-state index in [9.17, 15) is 8.78 Å². The highest BCUT2D eigenvalue weighted by Gasteiger charge is 2.31. The lowest BCUT2D eigenvalue weighted by Gasteiger charge is -2.37. The topological polar surface area (TPSA) is 6.48 Å². The average molecular weight is 282 g/mol. The minimum Gasteiger partial charge on any atom is -0.369 e. The van der Waals surface area contributed by atoms with Crippen molar-refractivity contribution in [2.24, 2.45) is 0 Å². The van der Waals surface area contributed by atoms with Gasteiger partial charge in [-0.05, 0) is 19.1 Å². The van der Waals surface area contributed by atoms with E-state index < -0.39 is 5.92 Å². The predicted molar refractivity (Wildman–Crippen MR) is 79.7 cm³/mol. The molecule has 20 heavy (non-hydrogen) atoms. The molecule has 2 nitrogen and oxygen atoms in total. The van der Waals surface area contributed by atoms with Crippen LogP contribution in [0.2, 0.25) is 0 Å². The molecule has 0 amide bonds. The molecule has 0 aromatic heterocycles. The number of benzene rings is 1. The highest BCUT2D eigenvalue weighted by atomic mass is 19.3. The zero-order valence-corrected chi connectivity index (χ0v) is 12.4. The number of halogens is 2. The summed E-state index contributed by atoms with van der Waals surface area (Å²) in [5.41, 5.74) is 2.43. The molecular formula is C16H24F2N2. The number of hydrogen-bond donors (Lipinski definition) is 0. The van der Waals surface area contributed by atoms with Gasteiger partial charge in [0.25, 0.3) is 5.92 Å². The van der Waals surface area contributed by atoms with Crippen molar-refractivity contribution < 1.29 is 8.78 Å². The number of anilines is 1.